The van der Waals surface area contributed by atoms with E-state index in [0.717, 1.165) is 54.8 Å². The van der Waals surface area contributed by atoms with Crippen molar-refractivity contribution in [2.24, 2.45) is 0 Å². The van der Waals surface area contributed by atoms with E-state index in [1.807, 2.05) is 24.3 Å². The van der Waals surface area contributed by atoms with Crippen molar-refractivity contribution in [3.63, 3.8) is 0 Å². The van der Waals surface area contributed by atoms with E-state index in [4.69, 9.17) is 0 Å². The molecule has 3 aromatic rings. The van der Waals surface area contributed by atoms with Crippen molar-refractivity contribution in [1.29, 1.82) is 0 Å². The van der Waals surface area contributed by atoms with Crippen molar-refractivity contribution >= 4 is 38.8 Å². The fraction of sp³-hybridized carbons (Fsp3) is 0.375. The number of pyridine rings is 1. The minimum absolute atomic E-state index is 0. The Morgan fingerprint density at radius 1 is 0.935 bits per heavy atom. The first-order valence-electron chi connectivity index (χ1n) is 10.5. The minimum atomic E-state index is -3.61. The van der Waals surface area contributed by atoms with Crippen LogP contribution in [-0.4, -0.2) is 39.6 Å². The van der Waals surface area contributed by atoms with Gasteiger partial charge in [0.15, 0.2) is 0 Å². The van der Waals surface area contributed by atoms with Crippen molar-refractivity contribution in [3.05, 3.63) is 60.3 Å². The van der Waals surface area contributed by atoms with Crippen molar-refractivity contribution < 1.29 is 8.42 Å². The molecule has 1 aromatic heterocycles. The molecule has 0 amide bonds. The molecule has 2 aromatic carbocycles. The summed E-state index contributed by atoms with van der Waals surface area (Å²) in [6.45, 7) is 10.0. The maximum Gasteiger partial charge on any atom is 0.206 e. The number of benzene rings is 2. The molecule has 1 N–H and O–H groups in total. The monoisotopic (exact) mass is 459 g/mol. The van der Waals surface area contributed by atoms with Crippen LogP contribution in [0.3, 0.4) is 0 Å². The molecule has 1 aliphatic heterocycles. The molecular weight excluding hydrogens is 430 g/mol. The first-order chi connectivity index (χ1) is 14.3. The zero-order chi connectivity index (χ0) is 21.4. The van der Waals surface area contributed by atoms with E-state index in [0.29, 0.717) is 9.79 Å². The quantitative estimate of drug-likeness (QED) is 0.620. The lowest BCUT2D eigenvalue weighted by Gasteiger charge is -2.23. The molecule has 0 radical (unpaired) electrons. The number of rotatable bonds is 3. The zero-order valence-corrected chi connectivity index (χ0v) is 19.9. The van der Waals surface area contributed by atoms with Crippen LogP contribution in [0.4, 0.5) is 5.82 Å². The Labute approximate surface area is 191 Å². The summed E-state index contributed by atoms with van der Waals surface area (Å²) in [5.41, 5.74) is 1.09. The fourth-order valence-corrected chi connectivity index (χ4v) is 5.17. The topological polar surface area (TPSA) is 62.3 Å². The summed E-state index contributed by atoms with van der Waals surface area (Å²) in [6, 6.07) is 14.5. The highest BCUT2D eigenvalue weighted by Gasteiger charge is 2.21. The summed E-state index contributed by atoms with van der Waals surface area (Å²) in [6.07, 6.45) is 2.84. The number of nitrogens with zero attached hydrogens (tertiary/aromatic N) is 2. The van der Waals surface area contributed by atoms with Crippen LogP contribution in [0.2, 0.25) is 0 Å². The molecule has 2 heterocycles. The zero-order valence-electron chi connectivity index (χ0n) is 18.3. The number of anilines is 1. The third-order valence-electron chi connectivity index (χ3n) is 5.70. The highest BCUT2D eigenvalue weighted by Crippen LogP contribution is 2.31. The first-order valence-corrected chi connectivity index (χ1v) is 12.0. The molecule has 4 rings (SSSR count). The molecule has 0 atom stereocenters. The minimum Gasteiger partial charge on any atom is -0.355 e. The average molecular weight is 460 g/mol. The van der Waals surface area contributed by atoms with Crippen LogP contribution in [0.25, 0.3) is 10.8 Å². The first kappa shape index (κ1) is 23.5. The summed E-state index contributed by atoms with van der Waals surface area (Å²) >= 11 is 0. The number of halogens is 1. The van der Waals surface area contributed by atoms with Gasteiger partial charge in [-0.25, -0.2) is 13.4 Å². The predicted octanol–water partition coefficient (Wildman–Crippen LogP) is 4.59. The number of sulfone groups is 1. The SMILES string of the molecule is CC(C)(C)c1ccc(S(=O)(=O)c2ccc3ccnc(N4CCCNCC4)c3c2)cc1.Cl. The average Bonchev–Trinajstić information content (AvgIpc) is 3.02. The van der Waals surface area contributed by atoms with E-state index >= 15 is 0 Å². The summed E-state index contributed by atoms with van der Waals surface area (Å²) in [5.74, 6) is 0.858. The van der Waals surface area contributed by atoms with Gasteiger partial charge in [0.05, 0.1) is 9.79 Å². The third kappa shape index (κ3) is 4.86. The van der Waals surface area contributed by atoms with E-state index in [-0.39, 0.29) is 17.8 Å². The number of nitrogens with one attached hydrogen (secondary N) is 1. The molecule has 1 fully saturated rings. The normalized spacial score (nSPS) is 15.4. The highest BCUT2D eigenvalue weighted by molar-refractivity contribution is 7.91. The van der Waals surface area contributed by atoms with Crippen LogP contribution in [0, 0.1) is 0 Å². The van der Waals surface area contributed by atoms with Gasteiger partial charge in [-0.1, -0.05) is 39.0 Å². The van der Waals surface area contributed by atoms with E-state index in [9.17, 15) is 8.42 Å². The molecule has 7 heteroatoms. The summed E-state index contributed by atoms with van der Waals surface area (Å²) in [4.78, 5) is 7.48. The second kappa shape index (κ2) is 9.15. The standard InChI is InChI=1S/C24H29N3O2S.ClH/c1-24(2,3)19-6-9-20(10-7-19)30(28,29)21-8-5-18-11-13-26-23(22(18)17-21)27-15-4-12-25-14-16-27;/h5-11,13,17,25H,4,12,14-16H2,1-3H3;1H. The Morgan fingerprint density at radius 2 is 1.65 bits per heavy atom. The van der Waals surface area contributed by atoms with Crippen molar-refractivity contribution in [2.75, 3.05) is 31.1 Å². The Bertz CT molecular complexity index is 1150. The van der Waals surface area contributed by atoms with Crippen LogP contribution < -0.4 is 10.2 Å². The Morgan fingerprint density at radius 3 is 2.35 bits per heavy atom. The van der Waals surface area contributed by atoms with Crippen LogP contribution in [-0.2, 0) is 15.3 Å². The van der Waals surface area contributed by atoms with E-state index < -0.39 is 9.84 Å². The van der Waals surface area contributed by atoms with Gasteiger partial charge >= 0.3 is 0 Å². The van der Waals surface area contributed by atoms with Gasteiger partial charge in [0.1, 0.15) is 5.82 Å². The van der Waals surface area contributed by atoms with Crippen LogP contribution in [0.1, 0.15) is 32.8 Å². The van der Waals surface area contributed by atoms with Gasteiger partial charge in [-0.05, 0) is 59.7 Å². The number of hydrogen-bond donors (Lipinski definition) is 1. The van der Waals surface area contributed by atoms with E-state index in [1.54, 1.807) is 30.5 Å². The molecular formula is C24H30ClN3O2S. The van der Waals surface area contributed by atoms with Gasteiger partial charge in [-0.15, -0.1) is 12.4 Å². The molecule has 5 nitrogen and oxygen atoms in total. The molecule has 31 heavy (non-hydrogen) atoms. The summed E-state index contributed by atoms with van der Waals surface area (Å²) in [7, 11) is -3.61. The molecule has 1 saturated heterocycles. The van der Waals surface area contributed by atoms with Crippen molar-refractivity contribution in [1.82, 2.24) is 10.3 Å². The van der Waals surface area contributed by atoms with Crippen LogP contribution in [0.15, 0.2) is 64.5 Å². The maximum absolute atomic E-state index is 13.3. The second-order valence-corrected chi connectivity index (χ2v) is 10.8. The van der Waals surface area contributed by atoms with E-state index in [1.165, 1.54) is 0 Å². The third-order valence-corrected chi connectivity index (χ3v) is 7.46. The highest BCUT2D eigenvalue weighted by atomic mass is 35.5. The van der Waals surface area contributed by atoms with Crippen LogP contribution in [0.5, 0.6) is 0 Å². The molecule has 0 unspecified atom stereocenters. The van der Waals surface area contributed by atoms with Gasteiger partial charge in [0.2, 0.25) is 9.84 Å². The van der Waals surface area contributed by atoms with Gasteiger partial charge in [-0.2, -0.15) is 0 Å². The number of aromatic nitrogens is 1. The van der Waals surface area contributed by atoms with Gasteiger partial charge < -0.3 is 10.2 Å². The molecule has 166 valence electrons. The van der Waals surface area contributed by atoms with Crippen molar-refractivity contribution in [3.8, 4) is 0 Å². The molecule has 0 spiro atoms. The lowest BCUT2D eigenvalue weighted by molar-refractivity contribution is 0.586. The lowest BCUT2D eigenvalue weighted by atomic mass is 9.87. The smallest absolute Gasteiger partial charge is 0.206 e. The Balaban J connectivity index is 0.00000272. The molecule has 0 aliphatic carbocycles. The molecule has 1 aliphatic rings. The predicted molar refractivity (Wildman–Crippen MR) is 129 cm³/mol. The molecule has 0 bridgehead atoms. The van der Waals surface area contributed by atoms with Gasteiger partial charge in [0.25, 0.3) is 0 Å². The van der Waals surface area contributed by atoms with Gasteiger partial charge in [-0.3, -0.25) is 0 Å². The fourth-order valence-electron chi connectivity index (χ4n) is 3.88. The van der Waals surface area contributed by atoms with E-state index in [2.05, 4.69) is 36.0 Å². The Hall–Kier alpha value is -2.15. The second-order valence-electron chi connectivity index (χ2n) is 8.89. The summed E-state index contributed by atoms with van der Waals surface area (Å²) in [5, 5.41) is 5.28. The van der Waals surface area contributed by atoms with Crippen LogP contribution >= 0.6 is 12.4 Å². The number of fused-ring (bicyclic) bond motifs is 1. The maximum atomic E-state index is 13.3. The number of hydrogen-bond acceptors (Lipinski definition) is 5. The molecule has 0 saturated carbocycles. The van der Waals surface area contributed by atoms with Crippen molar-refractivity contribution in [2.45, 2.75) is 42.4 Å². The lowest BCUT2D eigenvalue weighted by Crippen LogP contribution is -2.28. The summed E-state index contributed by atoms with van der Waals surface area (Å²) < 4.78 is 26.7. The Kier molecular flexibility index (Phi) is 6.94. The largest absolute Gasteiger partial charge is 0.355 e. The van der Waals surface area contributed by atoms with Gasteiger partial charge in [0, 0.05) is 31.2 Å².